The number of nitrogens with one attached hydrogen (secondary N) is 1. The van der Waals surface area contributed by atoms with E-state index in [4.69, 9.17) is 33.7 Å². The molecule has 0 saturated carbocycles. The fourth-order valence-electron chi connectivity index (χ4n) is 1.50. The number of aliphatic imine (C=N–C) groups is 1. The predicted octanol–water partition coefficient (Wildman–Crippen LogP) is 2.39. The second kappa shape index (κ2) is 8.89. The molecule has 3 N–H and O–H groups in total. The maximum atomic E-state index is 5.96. The van der Waals surface area contributed by atoms with Gasteiger partial charge in [0.2, 0.25) is 0 Å². The molecular weight excluding hydrogens is 402 g/mol. The third-order valence-corrected chi connectivity index (χ3v) is 3.28. The Labute approximate surface area is 140 Å². The largest absolute Gasteiger partial charge is 0.383 e. The van der Waals surface area contributed by atoms with Crippen LogP contribution >= 0.6 is 47.2 Å². The number of ether oxygens (including phenoxy) is 1. The molecule has 0 aliphatic rings. The van der Waals surface area contributed by atoms with E-state index in [1.807, 2.05) is 14.0 Å². The van der Waals surface area contributed by atoms with Crippen molar-refractivity contribution < 1.29 is 4.74 Å². The molecule has 0 radical (unpaired) electrons. The van der Waals surface area contributed by atoms with Crippen molar-refractivity contribution in [2.24, 2.45) is 17.8 Å². The molecule has 1 heterocycles. The molecule has 0 saturated heterocycles. The molecule has 1 rings (SSSR count). The fourth-order valence-corrected chi connectivity index (χ4v) is 1.91. The average Bonchev–Trinajstić information content (AvgIpc) is 2.54. The molecular formula is C11H19Cl2IN4O. The van der Waals surface area contributed by atoms with E-state index >= 15 is 0 Å². The van der Waals surface area contributed by atoms with Gasteiger partial charge in [-0.15, -0.1) is 24.0 Å². The summed E-state index contributed by atoms with van der Waals surface area (Å²) in [6, 6.07) is 1.89. The summed E-state index contributed by atoms with van der Waals surface area (Å²) in [6.07, 6.45) is 0. The highest BCUT2D eigenvalue weighted by molar-refractivity contribution is 14.0. The van der Waals surface area contributed by atoms with Crippen LogP contribution in [0.25, 0.3) is 0 Å². The van der Waals surface area contributed by atoms with Crippen molar-refractivity contribution in [2.45, 2.75) is 19.5 Å². The van der Waals surface area contributed by atoms with Gasteiger partial charge in [-0.2, -0.15) is 0 Å². The van der Waals surface area contributed by atoms with Gasteiger partial charge in [0.05, 0.1) is 18.2 Å². The average molecular weight is 421 g/mol. The fraction of sp³-hybridized carbons (Fsp3) is 0.545. The highest BCUT2D eigenvalue weighted by atomic mass is 127. The first kappa shape index (κ1) is 18.8. The molecule has 0 aliphatic heterocycles. The van der Waals surface area contributed by atoms with Gasteiger partial charge >= 0.3 is 0 Å². The van der Waals surface area contributed by atoms with E-state index in [1.54, 1.807) is 17.7 Å². The Bertz CT molecular complexity index is 437. The molecule has 0 amide bonds. The Kier molecular flexibility index (Phi) is 8.80. The SMILES string of the molecule is COCC(C)NC(N)=NCc1cc(Cl)c(Cl)n1C.I. The second-order valence-corrected chi connectivity index (χ2v) is 4.80. The molecule has 0 spiro atoms. The first-order valence-corrected chi connectivity index (χ1v) is 6.26. The number of rotatable bonds is 5. The van der Waals surface area contributed by atoms with Crippen LogP contribution in [0.3, 0.4) is 0 Å². The van der Waals surface area contributed by atoms with Crippen molar-refractivity contribution in [1.82, 2.24) is 9.88 Å². The highest BCUT2D eigenvalue weighted by Gasteiger charge is 2.08. The van der Waals surface area contributed by atoms with Gasteiger partial charge in [0.25, 0.3) is 0 Å². The predicted molar refractivity (Wildman–Crippen MR) is 90.6 cm³/mol. The Morgan fingerprint density at radius 2 is 2.21 bits per heavy atom. The van der Waals surface area contributed by atoms with Crippen molar-refractivity contribution in [3.63, 3.8) is 0 Å². The number of nitrogens with zero attached hydrogens (tertiary/aromatic N) is 2. The summed E-state index contributed by atoms with van der Waals surface area (Å²) in [4.78, 5) is 4.22. The van der Waals surface area contributed by atoms with E-state index in [0.717, 1.165) is 5.69 Å². The molecule has 0 bridgehead atoms. The quantitative estimate of drug-likeness (QED) is 0.436. The second-order valence-electron chi connectivity index (χ2n) is 4.04. The zero-order valence-corrected chi connectivity index (χ0v) is 15.0. The maximum absolute atomic E-state index is 5.96. The Hall–Kier alpha value is -0.180. The van der Waals surface area contributed by atoms with Crippen molar-refractivity contribution in [2.75, 3.05) is 13.7 Å². The maximum Gasteiger partial charge on any atom is 0.189 e. The normalized spacial score (nSPS) is 13.0. The van der Waals surface area contributed by atoms with Gasteiger partial charge in [-0.3, -0.25) is 0 Å². The first-order valence-electron chi connectivity index (χ1n) is 5.50. The van der Waals surface area contributed by atoms with Crippen molar-refractivity contribution in [1.29, 1.82) is 0 Å². The molecule has 0 aliphatic carbocycles. The number of halogens is 3. The van der Waals surface area contributed by atoms with Gasteiger partial charge in [0.15, 0.2) is 5.96 Å². The van der Waals surface area contributed by atoms with Crippen LogP contribution in [0.5, 0.6) is 0 Å². The lowest BCUT2D eigenvalue weighted by Gasteiger charge is -2.13. The van der Waals surface area contributed by atoms with E-state index < -0.39 is 0 Å². The van der Waals surface area contributed by atoms with Gasteiger partial charge in [-0.25, -0.2) is 4.99 Å². The zero-order chi connectivity index (χ0) is 13.7. The van der Waals surface area contributed by atoms with Crippen LogP contribution < -0.4 is 11.1 Å². The Morgan fingerprint density at radius 1 is 1.58 bits per heavy atom. The standard InChI is InChI=1S/C11H18Cl2N4O.HI/c1-7(6-18-3)16-11(14)15-5-8-4-9(12)10(13)17(8)2;/h4,7H,5-6H2,1-3H3,(H3,14,15,16);1H. The summed E-state index contributed by atoms with van der Waals surface area (Å²) in [5.41, 5.74) is 6.65. The van der Waals surface area contributed by atoms with Crippen LogP contribution in [-0.2, 0) is 18.3 Å². The minimum absolute atomic E-state index is 0. The monoisotopic (exact) mass is 420 g/mol. The van der Waals surface area contributed by atoms with Crippen molar-refractivity contribution in [3.05, 3.63) is 21.9 Å². The topological polar surface area (TPSA) is 64.6 Å². The van der Waals surface area contributed by atoms with Crippen LogP contribution in [0.2, 0.25) is 10.2 Å². The summed E-state index contributed by atoms with van der Waals surface area (Å²) < 4.78 is 6.77. The lowest BCUT2D eigenvalue weighted by Crippen LogP contribution is -2.40. The smallest absolute Gasteiger partial charge is 0.189 e. The molecule has 1 unspecified atom stereocenters. The summed E-state index contributed by atoms with van der Waals surface area (Å²) in [5, 5.41) is 4.04. The van der Waals surface area contributed by atoms with Crippen LogP contribution in [0.15, 0.2) is 11.1 Å². The minimum atomic E-state index is 0. The van der Waals surface area contributed by atoms with Crippen LogP contribution in [0.1, 0.15) is 12.6 Å². The molecule has 19 heavy (non-hydrogen) atoms. The van der Waals surface area contributed by atoms with E-state index in [2.05, 4.69) is 10.3 Å². The molecule has 8 heteroatoms. The van der Waals surface area contributed by atoms with Gasteiger partial charge in [-0.1, -0.05) is 23.2 Å². The molecule has 1 atom stereocenters. The van der Waals surface area contributed by atoms with Crippen LogP contribution in [-0.4, -0.2) is 30.3 Å². The third kappa shape index (κ3) is 5.76. The molecule has 0 fully saturated rings. The molecule has 1 aromatic heterocycles. The summed E-state index contributed by atoms with van der Waals surface area (Å²) >= 11 is 11.9. The molecule has 1 aromatic rings. The number of hydrogen-bond donors (Lipinski definition) is 2. The van der Waals surface area contributed by atoms with E-state index in [-0.39, 0.29) is 30.0 Å². The summed E-state index contributed by atoms with van der Waals surface area (Å²) in [7, 11) is 3.47. The Balaban J connectivity index is 0.00000324. The van der Waals surface area contributed by atoms with Gasteiger partial charge in [0, 0.05) is 25.9 Å². The molecule has 110 valence electrons. The van der Waals surface area contributed by atoms with E-state index in [9.17, 15) is 0 Å². The number of aromatic nitrogens is 1. The van der Waals surface area contributed by atoms with Crippen LogP contribution in [0, 0.1) is 0 Å². The highest BCUT2D eigenvalue weighted by Crippen LogP contribution is 2.25. The third-order valence-electron chi connectivity index (χ3n) is 2.44. The minimum Gasteiger partial charge on any atom is -0.383 e. The number of guanidine groups is 1. The number of methoxy groups -OCH3 is 1. The Morgan fingerprint density at radius 3 is 2.68 bits per heavy atom. The summed E-state index contributed by atoms with van der Waals surface area (Å²) in [5.74, 6) is 0.369. The van der Waals surface area contributed by atoms with E-state index in [0.29, 0.717) is 29.3 Å². The van der Waals surface area contributed by atoms with Crippen LogP contribution in [0.4, 0.5) is 0 Å². The molecule has 5 nitrogen and oxygen atoms in total. The zero-order valence-electron chi connectivity index (χ0n) is 11.1. The lowest BCUT2D eigenvalue weighted by molar-refractivity contribution is 0.179. The van der Waals surface area contributed by atoms with Gasteiger partial charge < -0.3 is 20.4 Å². The van der Waals surface area contributed by atoms with Crippen molar-refractivity contribution >= 4 is 53.1 Å². The summed E-state index contributed by atoms with van der Waals surface area (Å²) in [6.45, 7) is 2.95. The van der Waals surface area contributed by atoms with E-state index in [1.165, 1.54) is 0 Å². The lowest BCUT2D eigenvalue weighted by atomic mass is 10.4. The number of hydrogen-bond acceptors (Lipinski definition) is 2. The molecule has 0 aromatic carbocycles. The number of nitrogens with two attached hydrogens (primary N) is 1. The van der Waals surface area contributed by atoms with Gasteiger partial charge in [-0.05, 0) is 13.0 Å². The first-order chi connectivity index (χ1) is 8.45. The van der Waals surface area contributed by atoms with Gasteiger partial charge in [0.1, 0.15) is 5.15 Å². The van der Waals surface area contributed by atoms with Crippen molar-refractivity contribution in [3.8, 4) is 0 Å².